The van der Waals surface area contributed by atoms with E-state index >= 15 is 0 Å². The summed E-state index contributed by atoms with van der Waals surface area (Å²) in [4.78, 5) is 26.5. The minimum atomic E-state index is -3.21. The highest BCUT2D eigenvalue weighted by atomic mass is 35.5. The Bertz CT molecular complexity index is 791. The van der Waals surface area contributed by atoms with Crippen molar-refractivity contribution in [3.05, 3.63) is 12.7 Å². The van der Waals surface area contributed by atoms with Crippen molar-refractivity contribution in [3.8, 4) is 0 Å². The lowest BCUT2D eigenvalue weighted by atomic mass is 10.2. The molecule has 9 nitrogen and oxygen atoms in total. The first-order valence-electron chi connectivity index (χ1n) is 6.01. The van der Waals surface area contributed by atoms with Crippen molar-refractivity contribution < 1.29 is 13.2 Å². The Morgan fingerprint density at radius 1 is 1.33 bits per heavy atom. The number of hydrogen-bond acceptors (Lipinski definition) is 6. The quantitative estimate of drug-likeness (QED) is 0.658. The van der Waals surface area contributed by atoms with E-state index in [4.69, 9.17) is 11.6 Å². The summed E-state index contributed by atoms with van der Waals surface area (Å²) in [5.41, 5.74) is 0.896. The van der Waals surface area contributed by atoms with Gasteiger partial charge in [0.1, 0.15) is 11.8 Å². The molecule has 112 valence electrons. The molecule has 0 saturated carbocycles. The van der Waals surface area contributed by atoms with E-state index in [0.29, 0.717) is 11.2 Å². The van der Waals surface area contributed by atoms with E-state index in [1.165, 1.54) is 12.7 Å². The van der Waals surface area contributed by atoms with Gasteiger partial charge in [-0.1, -0.05) is 0 Å². The van der Waals surface area contributed by atoms with Gasteiger partial charge in [0.05, 0.1) is 29.3 Å². The number of carbonyl (C=O) groups excluding carboxylic acids is 1. The molecule has 1 aliphatic rings. The zero-order valence-corrected chi connectivity index (χ0v) is 12.1. The van der Waals surface area contributed by atoms with Crippen LogP contribution in [0.15, 0.2) is 12.7 Å². The molecule has 0 aromatic carbocycles. The Hall–Kier alpha value is -1.94. The summed E-state index contributed by atoms with van der Waals surface area (Å²) in [5, 5.41) is 4.41. The van der Waals surface area contributed by atoms with Gasteiger partial charge in [0.15, 0.2) is 21.3 Å². The number of aromatic amines is 1. The Morgan fingerprint density at radius 2 is 2.14 bits per heavy atom. The van der Waals surface area contributed by atoms with Crippen LogP contribution in [0.5, 0.6) is 0 Å². The fourth-order valence-electron chi connectivity index (χ4n) is 2.11. The number of hydrogen-bond donors (Lipinski definition) is 3. The molecule has 3 N–H and O–H groups in total. The van der Waals surface area contributed by atoms with Crippen LogP contribution in [0.1, 0.15) is 0 Å². The standard InChI is InChI=1S/C10H11ClN6O3S/c11-5-1-21(19,20)2-6(5)16-10(18)17-9-7-8(13-3-12-7)14-4-15-9/h3-6H,1-2H2,(H3,12,13,14,15,16,17,18)/t5-,6+/m0/s1. The van der Waals surface area contributed by atoms with E-state index in [-0.39, 0.29) is 17.3 Å². The Balaban J connectivity index is 1.71. The predicted molar refractivity (Wildman–Crippen MR) is 75.9 cm³/mol. The smallest absolute Gasteiger partial charge is 0.320 e. The first kappa shape index (κ1) is 14.0. The number of aromatic nitrogens is 4. The molecular formula is C10H11ClN6O3S. The number of sulfone groups is 1. The molecule has 21 heavy (non-hydrogen) atoms. The molecule has 1 saturated heterocycles. The van der Waals surface area contributed by atoms with Gasteiger partial charge in [-0.25, -0.2) is 28.2 Å². The molecule has 0 bridgehead atoms. The van der Waals surface area contributed by atoms with E-state index in [2.05, 4.69) is 30.6 Å². The van der Waals surface area contributed by atoms with Crippen molar-refractivity contribution >= 4 is 44.5 Å². The third kappa shape index (κ3) is 2.90. The summed E-state index contributed by atoms with van der Waals surface area (Å²) >= 11 is 5.92. The van der Waals surface area contributed by atoms with E-state index in [1.807, 2.05) is 0 Å². The van der Waals surface area contributed by atoms with E-state index in [0.717, 1.165) is 0 Å². The summed E-state index contributed by atoms with van der Waals surface area (Å²) in [6, 6.07) is -1.21. The van der Waals surface area contributed by atoms with Crippen LogP contribution in [-0.2, 0) is 9.84 Å². The van der Waals surface area contributed by atoms with Gasteiger partial charge in [0.2, 0.25) is 0 Å². The van der Waals surface area contributed by atoms with Crippen LogP contribution >= 0.6 is 11.6 Å². The van der Waals surface area contributed by atoms with Gasteiger partial charge in [-0.05, 0) is 0 Å². The number of fused-ring (bicyclic) bond motifs is 1. The van der Waals surface area contributed by atoms with Gasteiger partial charge in [-0.3, -0.25) is 5.32 Å². The highest BCUT2D eigenvalue weighted by molar-refractivity contribution is 7.91. The second-order valence-electron chi connectivity index (χ2n) is 4.62. The number of nitrogens with zero attached hydrogens (tertiary/aromatic N) is 3. The minimum Gasteiger partial charge on any atom is -0.340 e. The largest absolute Gasteiger partial charge is 0.340 e. The summed E-state index contributed by atoms with van der Waals surface area (Å²) in [6.45, 7) is 0. The number of urea groups is 1. The fraction of sp³-hybridized carbons (Fsp3) is 0.400. The molecule has 2 amide bonds. The SMILES string of the molecule is O=C(Nc1ncnc2nc[nH]c12)N[C@@H]1CS(=O)(=O)C[C@@H]1Cl. The number of nitrogens with one attached hydrogen (secondary N) is 3. The lowest BCUT2D eigenvalue weighted by Crippen LogP contribution is -2.43. The van der Waals surface area contributed by atoms with Crippen LogP contribution in [0, 0.1) is 0 Å². The topological polar surface area (TPSA) is 130 Å². The van der Waals surface area contributed by atoms with Crippen LogP contribution in [0.2, 0.25) is 0 Å². The number of amides is 2. The maximum atomic E-state index is 11.9. The summed E-state index contributed by atoms with van der Waals surface area (Å²) in [6.07, 6.45) is 2.70. The van der Waals surface area contributed by atoms with Crippen molar-refractivity contribution in [1.29, 1.82) is 0 Å². The predicted octanol–water partition coefficient (Wildman–Crippen LogP) is -0.121. The number of anilines is 1. The van der Waals surface area contributed by atoms with Gasteiger partial charge in [0.25, 0.3) is 0 Å². The number of imidazole rings is 1. The number of alkyl halides is 1. The fourth-order valence-corrected chi connectivity index (χ4v) is 4.66. The Kier molecular flexibility index (Phi) is 3.41. The second kappa shape index (κ2) is 5.11. The molecule has 0 aliphatic carbocycles. The van der Waals surface area contributed by atoms with Gasteiger partial charge in [0, 0.05) is 0 Å². The Labute approximate surface area is 124 Å². The van der Waals surface area contributed by atoms with Crippen LogP contribution in [0.4, 0.5) is 10.6 Å². The summed E-state index contributed by atoms with van der Waals surface area (Å²) < 4.78 is 22.9. The van der Waals surface area contributed by atoms with Crippen LogP contribution in [0.25, 0.3) is 11.2 Å². The molecule has 0 unspecified atom stereocenters. The molecule has 1 aliphatic heterocycles. The maximum Gasteiger partial charge on any atom is 0.320 e. The van der Waals surface area contributed by atoms with Crippen LogP contribution < -0.4 is 10.6 Å². The molecule has 2 atom stereocenters. The van der Waals surface area contributed by atoms with Gasteiger partial charge in [-0.2, -0.15) is 0 Å². The zero-order chi connectivity index (χ0) is 15.0. The van der Waals surface area contributed by atoms with Crippen molar-refractivity contribution in [1.82, 2.24) is 25.3 Å². The number of carbonyl (C=O) groups is 1. The van der Waals surface area contributed by atoms with E-state index in [1.54, 1.807) is 0 Å². The van der Waals surface area contributed by atoms with Crippen molar-refractivity contribution in [3.63, 3.8) is 0 Å². The van der Waals surface area contributed by atoms with Crippen molar-refractivity contribution in [2.45, 2.75) is 11.4 Å². The van der Waals surface area contributed by atoms with Crippen molar-refractivity contribution in [2.75, 3.05) is 16.8 Å². The normalized spacial score (nSPS) is 24.0. The van der Waals surface area contributed by atoms with E-state index in [9.17, 15) is 13.2 Å². The lowest BCUT2D eigenvalue weighted by molar-refractivity contribution is 0.249. The van der Waals surface area contributed by atoms with Gasteiger partial charge in [-0.15, -0.1) is 11.6 Å². The van der Waals surface area contributed by atoms with Crippen molar-refractivity contribution in [2.24, 2.45) is 0 Å². The monoisotopic (exact) mass is 330 g/mol. The first-order valence-corrected chi connectivity index (χ1v) is 8.26. The van der Waals surface area contributed by atoms with Crippen LogP contribution in [-0.4, -0.2) is 57.3 Å². The summed E-state index contributed by atoms with van der Waals surface area (Å²) in [5.74, 6) is -0.0581. The number of H-pyrrole nitrogens is 1. The molecule has 3 heterocycles. The molecule has 1 fully saturated rings. The second-order valence-corrected chi connectivity index (χ2v) is 7.34. The molecule has 0 spiro atoms. The number of halogens is 1. The third-order valence-corrected chi connectivity index (χ3v) is 5.43. The molecular weight excluding hydrogens is 320 g/mol. The zero-order valence-electron chi connectivity index (χ0n) is 10.6. The highest BCUT2D eigenvalue weighted by Crippen LogP contribution is 2.18. The first-order chi connectivity index (χ1) is 9.94. The van der Waals surface area contributed by atoms with Gasteiger partial charge < -0.3 is 10.3 Å². The minimum absolute atomic E-state index is 0.141. The molecule has 0 radical (unpaired) electrons. The Morgan fingerprint density at radius 3 is 2.86 bits per heavy atom. The molecule has 2 aromatic heterocycles. The molecule has 3 rings (SSSR count). The van der Waals surface area contributed by atoms with Crippen LogP contribution in [0.3, 0.4) is 0 Å². The average molecular weight is 331 g/mol. The van der Waals surface area contributed by atoms with Gasteiger partial charge >= 0.3 is 6.03 Å². The lowest BCUT2D eigenvalue weighted by Gasteiger charge is -2.14. The average Bonchev–Trinajstić information content (AvgIpc) is 2.94. The molecule has 11 heteroatoms. The van der Waals surface area contributed by atoms with E-state index < -0.39 is 27.3 Å². The molecule has 2 aromatic rings. The highest BCUT2D eigenvalue weighted by Gasteiger charge is 2.37. The maximum absolute atomic E-state index is 11.9. The summed E-state index contributed by atoms with van der Waals surface area (Å²) in [7, 11) is -3.21. The third-order valence-electron chi connectivity index (χ3n) is 3.05. The number of rotatable bonds is 2.